The van der Waals surface area contributed by atoms with Gasteiger partial charge >= 0.3 is 0 Å². The second-order valence-electron chi connectivity index (χ2n) is 6.75. The molecule has 6 nitrogen and oxygen atoms in total. The average molecular weight is 365 g/mol. The first-order valence-electron chi connectivity index (χ1n) is 9.08. The molecule has 1 atom stereocenters. The van der Waals surface area contributed by atoms with Gasteiger partial charge in [-0.3, -0.25) is 14.4 Å². The molecule has 0 saturated carbocycles. The fourth-order valence-corrected chi connectivity index (χ4v) is 3.23. The molecule has 3 N–H and O–H groups in total. The molecule has 0 spiro atoms. The Bertz CT molecular complexity index is 844. The lowest BCUT2D eigenvalue weighted by molar-refractivity contribution is -0.122. The van der Waals surface area contributed by atoms with E-state index >= 15 is 0 Å². The molecule has 0 aliphatic carbocycles. The summed E-state index contributed by atoms with van der Waals surface area (Å²) in [6.45, 7) is 2.49. The lowest BCUT2D eigenvalue weighted by Gasteiger charge is -2.17. The fourth-order valence-electron chi connectivity index (χ4n) is 3.23. The highest BCUT2D eigenvalue weighted by molar-refractivity contribution is 6.03. The number of amides is 3. The first-order valence-corrected chi connectivity index (χ1v) is 9.08. The maximum absolute atomic E-state index is 12.5. The lowest BCUT2D eigenvalue weighted by atomic mass is 10.1. The van der Waals surface area contributed by atoms with Crippen molar-refractivity contribution in [2.75, 3.05) is 16.8 Å². The van der Waals surface area contributed by atoms with Crippen molar-refractivity contribution >= 4 is 29.1 Å². The van der Waals surface area contributed by atoms with Crippen LogP contribution in [0, 0.1) is 5.92 Å². The number of hydrogen-bond acceptors (Lipinski definition) is 3. The molecule has 1 heterocycles. The van der Waals surface area contributed by atoms with Crippen LogP contribution in [0.3, 0.4) is 0 Å². The Morgan fingerprint density at radius 1 is 1.11 bits per heavy atom. The van der Waals surface area contributed by atoms with Crippen LogP contribution in [0.2, 0.25) is 0 Å². The largest absolute Gasteiger partial charge is 0.366 e. The number of anilines is 2. The van der Waals surface area contributed by atoms with Crippen LogP contribution in [0.15, 0.2) is 48.5 Å². The number of nitrogens with two attached hydrogens (primary N) is 1. The van der Waals surface area contributed by atoms with E-state index in [4.69, 9.17) is 5.73 Å². The molecule has 140 valence electrons. The average Bonchev–Trinajstić information content (AvgIpc) is 3.05. The molecule has 1 aliphatic rings. The van der Waals surface area contributed by atoms with Gasteiger partial charge in [-0.15, -0.1) is 0 Å². The van der Waals surface area contributed by atoms with E-state index in [-0.39, 0.29) is 18.2 Å². The molecule has 1 aliphatic heterocycles. The van der Waals surface area contributed by atoms with Crippen molar-refractivity contribution < 1.29 is 14.4 Å². The highest BCUT2D eigenvalue weighted by Crippen LogP contribution is 2.26. The van der Waals surface area contributed by atoms with Gasteiger partial charge in [0.2, 0.25) is 17.7 Å². The number of carbonyl (C=O) groups is 3. The Kier molecular flexibility index (Phi) is 5.54. The van der Waals surface area contributed by atoms with Crippen LogP contribution in [-0.4, -0.2) is 24.3 Å². The predicted molar refractivity (Wildman–Crippen MR) is 104 cm³/mol. The molecule has 1 saturated heterocycles. The van der Waals surface area contributed by atoms with Gasteiger partial charge in [0.05, 0.1) is 5.92 Å². The van der Waals surface area contributed by atoms with E-state index in [1.54, 1.807) is 29.2 Å². The number of hydrogen-bond donors (Lipinski definition) is 2. The van der Waals surface area contributed by atoms with E-state index < -0.39 is 11.8 Å². The number of rotatable bonds is 6. The summed E-state index contributed by atoms with van der Waals surface area (Å²) in [5.74, 6) is -1.19. The summed E-state index contributed by atoms with van der Waals surface area (Å²) < 4.78 is 0. The molecule has 3 amide bonds. The van der Waals surface area contributed by atoms with Gasteiger partial charge in [-0.25, -0.2) is 0 Å². The molecular formula is C21H23N3O3. The molecule has 6 heteroatoms. The summed E-state index contributed by atoms with van der Waals surface area (Å²) in [4.78, 5) is 37.6. The van der Waals surface area contributed by atoms with Crippen molar-refractivity contribution in [3.63, 3.8) is 0 Å². The van der Waals surface area contributed by atoms with Crippen LogP contribution in [0.1, 0.15) is 35.7 Å². The van der Waals surface area contributed by atoms with Gasteiger partial charge in [0.15, 0.2) is 0 Å². The van der Waals surface area contributed by atoms with Gasteiger partial charge in [-0.05, 0) is 48.4 Å². The number of carbonyl (C=O) groups excluding carboxylic acids is 3. The molecule has 1 fully saturated rings. The van der Waals surface area contributed by atoms with Crippen molar-refractivity contribution in [1.82, 2.24) is 0 Å². The van der Waals surface area contributed by atoms with Crippen LogP contribution in [0.25, 0.3) is 0 Å². The summed E-state index contributed by atoms with van der Waals surface area (Å²) in [6, 6.07) is 14.3. The Morgan fingerprint density at radius 2 is 1.78 bits per heavy atom. The van der Waals surface area contributed by atoms with Crippen molar-refractivity contribution in [3.05, 3.63) is 59.7 Å². The molecule has 0 aromatic heterocycles. The van der Waals surface area contributed by atoms with Crippen LogP contribution in [0.5, 0.6) is 0 Å². The van der Waals surface area contributed by atoms with Crippen molar-refractivity contribution in [3.8, 4) is 0 Å². The monoisotopic (exact) mass is 365 g/mol. The minimum absolute atomic E-state index is 0.0533. The highest BCUT2D eigenvalue weighted by Gasteiger charge is 2.35. The van der Waals surface area contributed by atoms with E-state index in [1.807, 2.05) is 24.3 Å². The Balaban J connectivity index is 1.63. The van der Waals surface area contributed by atoms with Crippen molar-refractivity contribution in [1.29, 1.82) is 0 Å². The zero-order valence-corrected chi connectivity index (χ0v) is 15.3. The van der Waals surface area contributed by atoms with Gasteiger partial charge in [-0.1, -0.05) is 25.5 Å². The van der Waals surface area contributed by atoms with E-state index in [0.29, 0.717) is 17.8 Å². The second-order valence-corrected chi connectivity index (χ2v) is 6.75. The van der Waals surface area contributed by atoms with Crippen LogP contribution in [-0.2, 0) is 16.0 Å². The van der Waals surface area contributed by atoms with Crippen molar-refractivity contribution in [2.45, 2.75) is 26.2 Å². The second kappa shape index (κ2) is 8.03. The van der Waals surface area contributed by atoms with Gasteiger partial charge in [0.1, 0.15) is 0 Å². The molecule has 0 radical (unpaired) electrons. The molecule has 2 aromatic carbocycles. The summed E-state index contributed by atoms with van der Waals surface area (Å²) >= 11 is 0. The first-order chi connectivity index (χ1) is 13.0. The third-order valence-electron chi connectivity index (χ3n) is 4.72. The first kappa shape index (κ1) is 18.6. The minimum atomic E-state index is -0.519. The SMILES string of the molecule is CCCc1ccc(N2C[C@@H](C(=O)Nc3ccc(C(N)=O)cc3)CC2=O)cc1. The Hall–Kier alpha value is -3.15. The van der Waals surface area contributed by atoms with E-state index in [0.717, 1.165) is 18.5 Å². The van der Waals surface area contributed by atoms with Gasteiger partial charge in [0, 0.05) is 29.9 Å². The zero-order valence-electron chi connectivity index (χ0n) is 15.3. The predicted octanol–water partition coefficient (Wildman–Crippen LogP) is 2.73. The third kappa shape index (κ3) is 4.34. The molecular weight excluding hydrogens is 342 g/mol. The number of nitrogens with zero attached hydrogens (tertiary/aromatic N) is 1. The molecule has 0 unspecified atom stereocenters. The summed E-state index contributed by atoms with van der Waals surface area (Å²) in [5, 5.41) is 2.80. The third-order valence-corrected chi connectivity index (χ3v) is 4.72. The molecule has 0 bridgehead atoms. The van der Waals surface area contributed by atoms with E-state index in [1.165, 1.54) is 5.56 Å². The number of aryl methyl sites for hydroxylation is 1. The summed E-state index contributed by atoms with van der Waals surface area (Å²) in [5.41, 5.74) is 8.21. The number of primary amides is 1. The normalized spacial score (nSPS) is 16.4. The number of benzene rings is 2. The molecule has 3 rings (SSSR count). The quantitative estimate of drug-likeness (QED) is 0.824. The summed E-state index contributed by atoms with van der Waals surface area (Å²) in [6.07, 6.45) is 2.26. The maximum Gasteiger partial charge on any atom is 0.248 e. The minimum Gasteiger partial charge on any atom is -0.366 e. The Morgan fingerprint density at radius 3 is 2.37 bits per heavy atom. The van der Waals surface area contributed by atoms with Crippen LogP contribution in [0.4, 0.5) is 11.4 Å². The topological polar surface area (TPSA) is 92.5 Å². The molecule has 27 heavy (non-hydrogen) atoms. The van der Waals surface area contributed by atoms with Crippen LogP contribution >= 0.6 is 0 Å². The number of nitrogens with one attached hydrogen (secondary N) is 1. The van der Waals surface area contributed by atoms with Gasteiger partial charge in [0.25, 0.3) is 0 Å². The van der Waals surface area contributed by atoms with Crippen molar-refractivity contribution in [2.24, 2.45) is 11.7 Å². The van der Waals surface area contributed by atoms with Gasteiger partial charge < -0.3 is 16.0 Å². The van der Waals surface area contributed by atoms with E-state index in [9.17, 15) is 14.4 Å². The van der Waals surface area contributed by atoms with Crippen LogP contribution < -0.4 is 16.0 Å². The lowest BCUT2D eigenvalue weighted by Crippen LogP contribution is -2.28. The van der Waals surface area contributed by atoms with Gasteiger partial charge in [-0.2, -0.15) is 0 Å². The Labute approximate surface area is 158 Å². The zero-order chi connectivity index (χ0) is 19.4. The fraction of sp³-hybridized carbons (Fsp3) is 0.286. The smallest absolute Gasteiger partial charge is 0.248 e. The standard InChI is InChI=1S/C21H23N3O3/c1-2-3-14-4-10-18(11-5-14)24-13-16(12-19(24)25)21(27)23-17-8-6-15(7-9-17)20(22)26/h4-11,16H,2-3,12-13H2,1H3,(H2,22,26)(H,23,27)/t16-/m0/s1. The molecule has 2 aromatic rings. The summed E-state index contributed by atoms with van der Waals surface area (Å²) in [7, 11) is 0. The van der Waals surface area contributed by atoms with E-state index in [2.05, 4.69) is 12.2 Å². The maximum atomic E-state index is 12.5. The highest BCUT2D eigenvalue weighted by atomic mass is 16.2.